The Morgan fingerprint density at radius 2 is 1.78 bits per heavy atom. The molecule has 0 spiro atoms. The molecule has 2 N–H and O–H groups in total. The lowest BCUT2D eigenvalue weighted by Crippen LogP contribution is -2.43. The SMILES string of the molecule is COc1nc(-c2cccc3c2OCCO3)ccc1Nc1ccc(CNCC2CCN(C(=O)OC(C)(C)C)CC2)cc1. The van der Waals surface area contributed by atoms with Crippen LogP contribution in [0.3, 0.4) is 0 Å². The largest absolute Gasteiger partial charge is 0.486 e. The standard InChI is InChI=1S/C32H40N4O5/c1-32(2,3)41-31(37)36-16-14-23(15-17-36)21-33-20-22-8-10-24(11-9-22)34-27-13-12-26(35-30(27)38-4)25-6-5-7-28-29(25)40-19-18-39-28/h5-13,23,33-34H,14-21H2,1-4H3. The minimum absolute atomic E-state index is 0.207. The zero-order valence-corrected chi connectivity index (χ0v) is 24.4. The maximum absolute atomic E-state index is 12.3. The van der Waals surface area contributed by atoms with Crippen LogP contribution in [0.4, 0.5) is 16.2 Å². The molecule has 41 heavy (non-hydrogen) atoms. The van der Waals surface area contributed by atoms with E-state index in [0.717, 1.165) is 67.4 Å². The molecule has 0 unspecified atom stereocenters. The molecular formula is C32H40N4O5. The van der Waals surface area contributed by atoms with Crippen LogP contribution in [0.25, 0.3) is 11.3 Å². The number of nitrogens with one attached hydrogen (secondary N) is 2. The van der Waals surface area contributed by atoms with Gasteiger partial charge in [0.25, 0.3) is 0 Å². The molecule has 1 saturated heterocycles. The molecule has 9 heteroatoms. The first-order chi connectivity index (χ1) is 19.8. The Bertz CT molecular complexity index is 1330. The summed E-state index contributed by atoms with van der Waals surface area (Å²) in [4.78, 5) is 18.8. The number of amides is 1. The molecule has 1 fully saturated rings. The predicted molar refractivity (Wildman–Crippen MR) is 159 cm³/mol. The van der Waals surface area contributed by atoms with Gasteiger partial charge in [0.1, 0.15) is 24.5 Å². The quantitative estimate of drug-likeness (QED) is 0.346. The third-order valence-electron chi connectivity index (χ3n) is 7.16. The molecule has 9 nitrogen and oxygen atoms in total. The van der Waals surface area contributed by atoms with Crippen LogP contribution >= 0.6 is 0 Å². The summed E-state index contributed by atoms with van der Waals surface area (Å²) in [6.45, 7) is 9.98. The maximum atomic E-state index is 12.3. The van der Waals surface area contributed by atoms with Crippen molar-refractivity contribution in [3.63, 3.8) is 0 Å². The summed E-state index contributed by atoms with van der Waals surface area (Å²) < 4.78 is 22.7. The van der Waals surface area contributed by atoms with Crippen molar-refractivity contribution < 1.29 is 23.7 Å². The van der Waals surface area contributed by atoms with Gasteiger partial charge in [-0.25, -0.2) is 9.78 Å². The highest BCUT2D eigenvalue weighted by atomic mass is 16.6. The fraction of sp³-hybridized carbons (Fsp3) is 0.438. The highest BCUT2D eigenvalue weighted by Gasteiger charge is 2.26. The third kappa shape index (κ3) is 7.41. The molecule has 2 aliphatic rings. The molecule has 5 rings (SSSR count). The van der Waals surface area contributed by atoms with E-state index >= 15 is 0 Å². The number of anilines is 2. The van der Waals surface area contributed by atoms with E-state index in [1.165, 1.54) is 5.56 Å². The van der Waals surface area contributed by atoms with Crippen LogP contribution < -0.4 is 24.8 Å². The highest BCUT2D eigenvalue weighted by Crippen LogP contribution is 2.40. The number of methoxy groups -OCH3 is 1. The maximum Gasteiger partial charge on any atom is 0.410 e. The van der Waals surface area contributed by atoms with E-state index < -0.39 is 5.60 Å². The van der Waals surface area contributed by atoms with Crippen LogP contribution in [-0.2, 0) is 11.3 Å². The van der Waals surface area contributed by atoms with Gasteiger partial charge in [0.2, 0.25) is 5.88 Å². The molecule has 0 saturated carbocycles. The summed E-state index contributed by atoms with van der Waals surface area (Å²) in [6, 6.07) is 18.1. The monoisotopic (exact) mass is 560 g/mol. The Balaban J connectivity index is 1.12. The van der Waals surface area contributed by atoms with Crippen molar-refractivity contribution in [1.29, 1.82) is 0 Å². The van der Waals surface area contributed by atoms with Crippen molar-refractivity contribution in [2.24, 2.45) is 5.92 Å². The van der Waals surface area contributed by atoms with E-state index in [-0.39, 0.29) is 6.09 Å². The fourth-order valence-corrected chi connectivity index (χ4v) is 5.04. The first-order valence-electron chi connectivity index (χ1n) is 14.3. The van der Waals surface area contributed by atoms with E-state index in [9.17, 15) is 4.79 Å². The van der Waals surface area contributed by atoms with Crippen LogP contribution in [0.5, 0.6) is 17.4 Å². The molecular weight excluding hydrogens is 520 g/mol. The van der Waals surface area contributed by atoms with Crippen LogP contribution in [0.15, 0.2) is 54.6 Å². The van der Waals surface area contributed by atoms with E-state index in [4.69, 9.17) is 23.9 Å². The Morgan fingerprint density at radius 1 is 1.02 bits per heavy atom. The highest BCUT2D eigenvalue weighted by molar-refractivity contribution is 5.75. The van der Waals surface area contributed by atoms with Crippen LogP contribution in [0, 0.1) is 5.92 Å². The van der Waals surface area contributed by atoms with Gasteiger partial charge in [-0.2, -0.15) is 0 Å². The van der Waals surface area contributed by atoms with Gasteiger partial charge in [0.05, 0.1) is 12.8 Å². The average molecular weight is 561 g/mol. The number of pyridine rings is 1. The number of piperidine rings is 1. The molecule has 3 aromatic rings. The number of ether oxygens (including phenoxy) is 4. The zero-order chi connectivity index (χ0) is 28.8. The average Bonchev–Trinajstić information content (AvgIpc) is 2.97. The fourth-order valence-electron chi connectivity index (χ4n) is 5.04. The second-order valence-corrected chi connectivity index (χ2v) is 11.4. The van der Waals surface area contributed by atoms with Crippen LogP contribution in [0.2, 0.25) is 0 Å². The minimum Gasteiger partial charge on any atom is -0.486 e. The first kappa shape index (κ1) is 28.5. The van der Waals surface area contributed by atoms with Gasteiger partial charge in [0.15, 0.2) is 11.5 Å². The van der Waals surface area contributed by atoms with Crippen molar-refractivity contribution >= 4 is 17.5 Å². The molecule has 0 aliphatic carbocycles. The molecule has 2 aliphatic heterocycles. The Labute approximate surface area is 242 Å². The van der Waals surface area contributed by atoms with Gasteiger partial charge in [0, 0.05) is 30.9 Å². The normalized spacial score (nSPS) is 15.4. The summed E-state index contributed by atoms with van der Waals surface area (Å²) in [6.07, 6.45) is 1.76. The molecule has 3 heterocycles. The second-order valence-electron chi connectivity index (χ2n) is 11.4. The number of carbonyl (C=O) groups is 1. The Hall–Kier alpha value is -3.98. The summed E-state index contributed by atoms with van der Waals surface area (Å²) in [5.41, 5.74) is 4.11. The minimum atomic E-state index is -0.456. The molecule has 1 aromatic heterocycles. The number of carbonyl (C=O) groups excluding carboxylic acids is 1. The molecule has 0 bridgehead atoms. The predicted octanol–water partition coefficient (Wildman–Crippen LogP) is 6.01. The van der Waals surface area contributed by atoms with Crippen molar-refractivity contribution in [1.82, 2.24) is 15.2 Å². The lowest BCUT2D eigenvalue weighted by Gasteiger charge is -2.33. The lowest BCUT2D eigenvalue weighted by atomic mass is 9.97. The smallest absolute Gasteiger partial charge is 0.410 e. The first-order valence-corrected chi connectivity index (χ1v) is 14.3. The number of likely N-dealkylation sites (tertiary alicyclic amines) is 1. The van der Waals surface area contributed by atoms with Crippen molar-refractivity contribution in [2.45, 2.75) is 45.8 Å². The number of para-hydroxylation sites is 1. The summed E-state index contributed by atoms with van der Waals surface area (Å²) in [7, 11) is 1.62. The van der Waals surface area contributed by atoms with E-state index in [1.807, 2.05) is 56.0 Å². The molecule has 2 aromatic carbocycles. The van der Waals surface area contributed by atoms with Gasteiger partial charge in [-0.3, -0.25) is 0 Å². The van der Waals surface area contributed by atoms with Gasteiger partial charge in [-0.05, 0) is 88.0 Å². The van der Waals surface area contributed by atoms with Crippen LogP contribution in [0.1, 0.15) is 39.2 Å². The molecule has 218 valence electrons. The topological polar surface area (TPSA) is 94.2 Å². The van der Waals surface area contributed by atoms with E-state index in [2.05, 4.69) is 34.9 Å². The van der Waals surface area contributed by atoms with Crippen LogP contribution in [-0.4, -0.2) is 61.5 Å². The molecule has 1 amide bonds. The number of hydrogen-bond acceptors (Lipinski definition) is 8. The van der Waals surface area contributed by atoms with E-state index in [0.29, 0.717) is 30.8 Å². The van der Waals surface area contributed by atoms with Crippen molar-refractivity contribution in [3.8, 4) is 28.6 Å². The Morgan fingerprint density at radius 3 is 2.51 bits per heavy atom. The Kier molecular flexibility index (Phi) is 8.83. The second kappa shape index (κ2) is 12.7. The summed E-state index contributed by atoms with van der Waals surface area (Å²) in [5.74, 6) is 2.50. The molecule has 0 atom stereocenters. The number of hydrogen-bond donors (Lipinski definition) is 2. The van der Waals surface area contributed by atoms with Gasteiger partial charge < -0.3 is 34.5 Å². The van der Waals surface area contributed by atoms with Crippen molar-refractivity contribution in [2.75, 3.05) is 45.3 Å². The van der Waals surface area contributed by atoms with Gasteiger partial charge in [-0.15, -0.1) is 0 Å². The number of nitrogens with zero attached hydrogens (tertiary/aromatic N) is 2. The van der Waals surface area contributed by atoms with Gasteiger partial charge in [-0.1, -0.05) is 18.2 Å². The van der Waals surface area contributed by atoms with E-state index in [1.54, 1.807) is 7.11 Å². The number of benzene rings is 2. The summed E-state index contributed by atoms with van der Waals surface area (Å²) in [5, 5.41) is 7.00. The number of fused-ring (bicyclic) bond motifs is 1. The van der Waals surface area contributed by atoms with Gasteiger partial charge >= 0.3 is 6.09 Å². The number of aromatic nitrogens is 1. The zero-order valence-electron chi connectivity index (χ0n) is 24.4. The lowest BCUT2D eigenvalue weighted by molar-refractivity contribution is 0.0184. The number of rotatable bonds is 8. The van der Waals surface area contributed by atoms with Crippen molar-refractivity contribution in [3.05, 3.63) is 60.2 Å². The summed E-state index contributed by atoms with van der Waals surface area (Å²) >= 11 is 0. The molecule has 0 radical (unpaired) electrons. The third-order valence-corrected chi connectivity index (χ3v) is 7.16.